The van der Waals surface area contributed by atoms with Gasteiger partial charge in [0, 0.05) is 6.42 Å². The molecule has 0 spiro atoms. The molecule has 0 rings (SSSR count). The highest BCUT2D eigenvalue weighted by Gasteiger charge is 2.02. The molecule has 0 bridgehead atoms. The zero-order valence-corrected chi connectivity index (χ0v) is 20.5. The first kappa shape index (κ1) is 29.4. The average molecular weight is 431 g/mol. The van der Waals surface area contributed by atoms with Crippen molar-refractivity contribution in [2.24, 2.45) is 0 Å². The third kappa shape index (κ3) is 26.4. The Labute approximate surface area is 193 Å². The van der Waals surface area contributed by atoms with Crippen LogP contribution in [0.5, 0.6) is 0 Å². The van der Waals surface area contributed by atoms with Crippen molar-refractivity contribution in [1.82, 2.24) is 0 Å². The molecular weight excluding hydrogens is 380 g/mol. The summed E-state index contributed by atoms with van der Waals surface area (Å²) >= 11 is 0. The predicted molar refractivity (Wildman–Crippen MR) is 137 cm³/mol. The Morgan fingerprint density at radius 1 is 0.645 bits per heavy atom. The van der Waals surface area contributed by atoms with Gasteiger partial charge < -0.3 is 4.74 Å². The van der Waals surface area contributed by atoms with E-state index >= 15 is 0 Å². The van der Waals surface area contributed by atoms with Gasteiger partial charge in [-0.25, -0.2) is 0 Å². The highest BCUT2D eigenvalue weighted by Crippen LogP contribution is 2.11. The lowest BCUT2D eigenvalue weighted by Crippen LogP contribution is -2.05. The molecule has 0 aliphatic heterocycles. The van der Waals surface area contributed by atoms with Gasteiger partial charge in [-0.3, -0.25) is 4.79 Å². The lowest BCUT2D eigenvalue weighted by molar-refractivity contribution is -0.143. The molecule has 0 amide bonds. The molecule has 2 heteroatoms. The summed E-state index contributed by atoms with van der Waals surface area (Å²) in [5, 5.41) is 0. The SMILES string of the molecule is C=C/C=C/C=C\CCCCCCC(=O)OCCCCCCCCCC/C=C\CCCC. The van der Waals surface area contributed by atoms with Crippen LogP contribution in [0.2, 0.25) is 0 Å². The Hall–Kier alpha value is -1.57. The second kappa shape index (κ2) is 26.5. The maximum absolute atomic E-state index is 11.8. The number of hydrogen-bond acceptors (Lipinski definition) is 2. The summed E-state index contributed by atoms with van der Waals surface area (Å²) in [6.45, 7) is 6.49. The Kier molecular flexibility index (Phi) is 25.1. The van der Waals surface area contributed by atoms with Crippen LogP contribution in [0.1, 0.15) is 122 Å². The van der Waals surface area contributed by atoms with Crippen LogP contribution in [0.3, 0.4) is 0 Å². The Morgan fingerprint density at radius 3 is 1.84 bits per heavy atom. The minimum Gasteiger partial charge on any atom is -0.466 e. The monoisotopic (exact) mass is 430 g/mol. The van der Waals surface area contributed by atoms with Crippen LogP contribution in [-0.2, 0) is 9.53 Å². The Morgan fingerprint density at radius 2 is 1.19 bits per heavy atom. The van der Waals surface area contributed by atoms with Crippen molar-refractivity contribution < 1.29 is 9.53 Å². The number of allylic oxidation sites excluding steroid dienone is 7. The molecule has 0 saturated carbocycles. The molecule has 0 heterocycles. The predicted octanol–water partition coefficient (Wildman–Crippen LogP) is 9.43. The van der Waals surface area contributed by atoms with E-state index in [9.17, 15) is 4.79 Å². The quantitative estimate of drug-likeness (QED) is 0.0698. The zero-order valence-electron chi connectivity index (χ0n) is 20.5. The van der Waals surface area contributed by atoms with Crippen LogP contribution in [0, 0.1) is 0 Å². The third-order valence-electron chi connectivity index (χ3n) is 5.42. The molecule has 0 aromatic rings. The lowest BCUT2D eigenvalue weighted by atomic mass is 10.1. The largest absolute Gasteiger partial charge is 0.466 e. The molecule has 0 aliphatic rings. The van der Waals surface area contributed by atoms with Crippen molar-refractivity contribution >= 4 is 5.97 Å². The summed E-state index contributed by atoms with van der Waals surface area (Å²) in [4.78, 5) is 11.8. The van der Waals surface area contributed by atoms with Gasteiger partial charge >= 0.3 is 5.97 Å². The molecule has 0 fully saturated rings. The average Bonchev–Trinajstić information content (AvgIpc) is 2.77. The molecule has 0 aromatic carbocycles. The Balaban J connectivity index is 3.24. The summed E-state index contributed by atoms with van der Waals surface area (Å²) in [5.41, 5.74) is 0. The molecule has 0 saturated heterocycles. The molecule has 178 valence electrons. The standard InChI is InChI=1S/C29H50O2/c1-3-5-7-9-11-13-15-16-17-18-20-22-24-26-28-31-29(30)27-25-23-21-19-14-12-10-8-6-4-2/h4,6,8-12H,2-3,5,7,13-28H2,1H3/b8-6+,11-9-,12-10-. The van der Waals surface area contributed by atoms with E-state index in [4.69, 9.17) is 4.74 Å². The van der Waals surface area contributed by atoms with E-state index in [1.54, 1.807) is 6.08 Å². The van der Waals surface area contributed by atoms with Crippen LogP contribution < -0.4 is 0 Å². The first-order chi connectivity index (χ1) is 15.3. The first-order valence-electron chi connectivity index (χ1n) is 13.1. The fourth-order valence-corrected chi connectivity index (χ4v) is 3.44. The van der Waals surface area contributed by atoms with Crippen molar-refractivity contribution in [2.75, 3.05) is 6.61 Å². The number of hydrogen-bond donors (Lipinski definition) is 0. The zero-order chi connectivity index (χ0) is 22.7. The number of unbranched alkanes of at least 4 members (excludes halogenated alkanes) is 14. The number of rotatable bonds is 23. The summed E-state index contributed by atoms with van der Waals surface area (Å²) in [6.07, 6.45) is 36.1. The molecular formula is C29H50O2. The fraction of sp³-hybridized carbons (Fsp3) is 0.690. The van der Waals surface area contributed by atoms with Crippen LogP contribution in [-0.4, -0.2) is 12.6 Å². The summed E-state index contributed by atoms with van der Waals surface area (Å²) in [6, 6.07) is 0. The second-order valence-electron chi connectivity index (χ2n) is 8.45. The van der Waals surface area contributed by atoms with Gasteiger partial charge in [-0.2, -0.15) is 0 Å². The van der Waals surface area contributed by atoms with E-state index in [0.29, 0.717) is 13.0 Å². The van der Waals surface area contributed by atoms with Crippen LogP contribution in [0.15, 0.2) is 49.1 Å². The van der Waals surface area contributed by atoms with Gasteiger partial charge in [0.15, 0.2) is 0 Å². The Bertz CT molecular complexity index is 473. The molecule has 0 aliphatic carbocycles. The van der Waals surface area contributed by atoms with Gasteiger partial charge in [0.2, 0.25) is 0 Å². The van der Waals surface area contributed by atoms with Crippen molar-refractivity contribution in [3.05, 3.63) is 49.1 Å². The van der Waals surface area contributed by atoms with E-state index in [1.807, 2.05) is 12.2 Å². The number of esters is 1. The van der Waals surface area contributed by atoms with E-state index in [0.717, 1.165) is 25.7 Å². The van der Waals surface area contributed by atoms with E-state index < -0.39 is 0 Å². The summed E-state index contributed by atoms with van der Waals surface area (Å²) in [7, 11) is 0. The van der Waals surface area contributed by atoms with Gasteiger partial charge in [0.1, 0.15) is 0 Å². The minimum atomic E-state index is -0.0156. The van der Waals surface area contributed by atoms with E-state index in [-0.39, 0.29) is 5.97 Å². The van der Waals surface area contributed by atoms with Gasteiger partial charge in [-0.15, -0.1) is 0 Å². The summed E-state index contributed by atoms with van der Waals surface area (Å²) < 4.78 is 5.36. The fourth-order valence-electron chi connectivity index (χ4n) is 3.44. The molecule has 31 heavy (non-hydrogen) atoms. The van der Waals surface area contributed by atoms with Crippen molar-refractivity contribution in [3.8, 4) is 0 Å². The van der Waals surface area contributed by atoms with Crippen LogP contribution in [0.25, 0.3) is 0 Å². The molecule has 0 aromatic heterocycles. The lowest BCUT2D eigenvalue weighted by Gasteiger charge is -2.05. The van der Waals surface area contributed by atoms with E-state index in [2.05, 4.69) is 37.8 Å². The highest BCUT2D eigenvalue weighted by atomic mass is 16.5. The normalized spacial score (nSPS) is 11.8. The second-order valence-corrected chi connectivity index (χ2v) is 8.45. The third-order valence-corrected chi connectivity index (χ3v) is 5.42. The molecule has 0 N–H and O–H groups in total. The maximum Gasteiger partial charge on any atom is 0.305 e. The van der Waals surface area contributed by atoms with Crippen LogP contribution >= 0.6 is 0 Å². The van der Waals surface area contributed by atoms with Gasteiger partial charge in [-0.1, -0.05) is 120 Å². The minimum absolute atomic E-state index is 0.0156. The maximum atomic E-state index is 11.8. The van der Waals surface area contributed by atoms with Gasteiger partial charge in [-0.05, 0) is 44.9 Å². The van der Waals surface area contributed by atoms with Crippen molar-refractivity contribution in [1.29, 1.82) is 0 Å². The molecule has 0 atom stereocenters. The molecule has 0 unspecified atom stereocenters. The van der Waals surface area contributed by atoms with Gasteiger partial charge in [0.05, 0.1) is 6.61 Å². The van der Waals surface area contributed by atoms with Crippen molar-refractivity contribution in [3.63, 3.8) is 0 Å². The summed E-state index contributed by atoms with van der Waals surface area (Å²) in [5.74, 6) is -0.0156. The molecule has 0 radical (unpaired) electrons. The smallest absolute Gasteiger partial charge is 0.305 e. The van der Waals surface area contributed by atoms with Crippen molar-refractivity contribution in [2.45, 2.75) is 122 Å². The van der Waals surface area contributed by atoms with E-state index in [1.165, 1.54) is 83.5 Å². The molecule has 2 nitrogen and oxygen atoms in total. The van der Waals surface area contributed by atoms with Gasteiger partial charge in [0.25, 0.3) is 0 Å². The number of ether oxygens (including phenoxy) is 1. The number of carbonyl (C=O) groups excluding carboxylic acids is 1. The van der Waals surface area contributed by atoms with Crippen LogP contribution in [0.4, 0.5) is 0 Å². The number of carbonyl (C=O) groups is 1. The highest BCUT2D eigenvalue weighted by molar-refractivity contribution is 5.69. The topological polar surface area (TPSA) is 26.3 Å². The first-order valence-corrected chi connectivity index (χ1v) is 13.1.